The second-order valence-electron chi connectivity index (χ2n) is 8.33. The largest absolute Gasteiger partial charge is 0.357 e. The fourth-order valence-corrected chi connectivity index (χ4v) is 4.65. The van der Waals surface area contributed by atoms with Gasteiger partial charge in [-0.25, -0.2) is 9.97 Å². The first-order valence-electron chi connectivity index (χ1n) is 10.6. The van der Waals surface area contributed by atoms with E-state index in [-0.39, 0.29) is 5.91 Å². The second kappa shape index (κ2) is 8.76. The molecule has 2 fully saturated rings. The number of carbonyl (C=O) groups excluding carboxylic acids is 1. The Labute approximate surface area is 167 Å². The molecule has 2 aliphatic rings. The van der Waals surface area contributed by atoms with Crippen LogP contribution in [-0.4, -0.2) is 51.5 Å². The number of pyridine rings is 1. The molecule has 1 aliphatic carbocycles. The van der Waals surface area contributed by atoms with Gasteiger partial charge in [-0.1, -0.05) is 19.3 Å². The normalized spacial score (nSPS) is 20.9. The van der Waals surface area contributed by atoms with Crippen LogP contribution in [0.2, 0.25) is 0 Å². The molecule has 1 atom stereocenters. The van der Waals surface area contributed by atoms with Gasteiger partial charge in [0.05, 0.1) is 11.9 Å². The van der Waals surface area contributed by atoms with Crippen LogP contribution >= 0.6 is 0 Å². The van der Waals surface area contributed by atoms with Crippen LogP contribution in [0.4, 0.5) is 5.82 Å². The van der Waals surface area contributed by atoms with Gasteiger partial charge in [0.2, 0.25) is 0 Å². The minimum absolute atomic E-state index is 0.106. The molecular formula is C22H31N5O. The van der Waals surface area contributed by atoms with Crippen LogP contribution < -0.4 is 4.90 Å². The fourth-order valence-electron chi connectivity index (χ4n) is 4.65. The number of likely N-dealkylation sites (tertiary alicyclic amines) is 1. The average molecular weight is 382 g/mol. The maximum atomic E-state index is 13.0. The number of nitrogens with zero attached hydrogens (tertiary/aromatic N) is 5. The molecule has 6 nitrogen and oxygen atoms in total. The summed E-state index contributed by atoms with van der Waals surface area (Å²) in [6.07, 6.45) is 16.1. The molecule has 2 aromatic rings. The van der Waals surface area contributed by atoms with Gasteiger partial charge in [0.25, 0.3) is 5.91 Å². The highest BCUT2D eigenvalue weighted by Gasteiger charge is 2.25. The lowest BCUT2D eigenvalue weighted by Gasteiger charge is -2.33. The first-order chi connectivity index (χ1) is 13.7. The average Bonchev–Trinajstić information content (AvgIpc) is 3.27. The predicted octanol–water partition coefficient (Wildman–Crippen LogP) is 3.60. The van der Waals surface area contributed by atoms with Crippen LogP contribution in [0.1, 0.15) is 55.3 Å². The Morgan fingerprint density at radius 1 is 1.18 bits per heavy atom. The number of anilines is 1. The van der Waals surface area contributed by atoms with E-state index >= 15 is 0 Å². The van der Waals surface area contributed by atoms with Crippen molar-refractivity contribution >= 4 is 11.7 Å². The van der Waals surface area contributed by atoms with Crippen molar-refractivity contribution in [1.29, 1.82) is 0 Å². The lowest BCUT2D eigenvalue weighted by molar-refractivity contribution is 0.0662. The third-order valence-corrected chi connectivity index (χ3v) is 6.31. The highest BCUT2D eigenvalue weighted by molar-refractivity contribution is 5.94. The van der Waals surface area contributed by atoms with Gasteiger partial charge in [-0.3, -0.25) is 4.79 Å². The van der Waals surface area contributed by atoms with Crippen molar-refractivity contribution in [2.45, 2.75) is 57.5 Å². The fraction of sp³-hybridized carbons (Fsp3) is 0.591. The number of amides is 1. The van der Waals surface area contributed by atoms with E-state index in [1.54, 1.807) is 6.20 Å². The quantitative estimate of drug-likeness (QED) is 0.794. The van der Waals surface area contributed by atoms with Gasteiger partial charge >= 0.3 is 0 Å². The molecule has 4 rings (SSSR count). The van der Waals surface area contributed by atoms with Crippen molar-refractivity contribution in [2.24, 2.45) is 5.92 Å². The van der Waals surface area contributed by atoms with Gasteiger partial charge in [-0.15, -0.1) is 0 Å². The first-order valence-corrected chi connectivity index (χ1v) is 10.6. The molecular weight excluding hydrogens is 350 g/mol. The number of hydrogen-bond donors (Lipinski definition) is 0. The van der Waals surface area contributed by atoms with Gasteiger partial charge in [-0.05, 0) is 43.7 Å². The van der Waals surface area contributed by atoms with Gasteiger partial charge < -0.3 is 14.4 Å². The van der Waals surface area contributed by atoms with Gasteiger partial charge in [0.15, 0.2) is 0 Å². The van der Waals surface area contributed by atoms with Crippen LogP contribution in [0.25, 0.3) is 0 Å². The maximum absolute atomic E-state index is 13.0. The van der Waals surface area contributed by atoms with E-state index in [9.17, 15) is 4.79 Å². The summed E-state index contributed by atoms with van der Waals surface area (Å²) in [4.78, 5) is 26.0. The Kier molecular flexibility index (Phi) is 5.93. The molecule has 1 saturated carbocycles. The molecule has 1 aliphatic heterocycles. The lowest BCUT2D eigenvalue weighted by Crippen LogP contribution is -2.41. The van der Waals surface area contributed by atoms with Crippen LogP contribution in [-0.2, 0) is 6.54 Å². The summed E-state index contributed by atoms with van der Waals surface area (Å²) in [7, 11) is 2.13. The van der Waals surface area contributed by atoms with Crippen molar-refractivity contribution in [3.8, 4) is 0 Å². The van der Waals surface area contributed by atoms with Gasteiger partial charge in [0.1, 0.15) is 5.82 Å². The molecule has 28 heavy (non-hydrogen) atoms. The van der Waals surface area contributed by atoms with Crippen LogP contribution in [0, 0.1) is 5.92 Å². The zero-order valence-electron chi connectivity index (χ0n) is 16.8. The summed E-state index contributed by atoms with van der Waals surface area (Å²) in [5, 5.41) is 0. The molecule has 0 bridgehead atoms. The maximum Gasteiger partial charge on any atom is 0.255 e. The SMILES string of the molecule is CN(c1ccc(C(=O)N2CCC[C@@H](Cn3ccnc3)C2)cn1)C1CCCCC1. The van der Waals surface area contributed by atoms with E-state index in [2.05, 4.69) is 26.5 Å². The number of carbonyl (C=O) groups is 1. The molecule has 1 saturated heterocycles. The molecule has 6 heteroatoms. The van der Waals surface area contributed by atoms with E-state index in [1.165, 1.54) is 32.1 Å². The first kappa shape index (κ1) is 19.0. The highest BCUT2D eigenvalue weighted by Crippen LogP contribution is 2.25. The summed E-state index contributed by atoms with van der Waals surface area (Å²) >= 11 is 0. The molecule has 0 N–H and O–H groups in total. The van der Waals surface area contributed by atoms with Crippen LogP contribution in [0.3, 0.4) is 0 Å². The van der Waals surface area contributed by atoms with Crippen molar-refractivity contribution < 1.29 is 4.79 Å². The third-order valence-electron chi connectivity index (χ3n) is 6.31. The zero-order valence-corrected chi connectivity index (χ0v) is 16.8. The Balaban J connectivity index is 1.37. The highest BCUT2D eigenvalue weighted by atomic mass is 16.2. The summed E-state index contributed by atoms with van der Waals surface area (Å²) in [6, 6.07) is 4.53. The molecule has 2 aromatic heterocycles. The van der Waals surface area contributed by atoms with E-state index in [1.807, 2.05) is 35.8 Å². The van der Waals surface area contributed by atoms with Crippen molar-refractivity contribution in [3.63, 3.8) is 0 Å². The van der Waals surface area contributed by atoms with E-state index in [0.717, 1.165) is 38.3 Å². The summed E-state index contributed by atoms with van der Waals surface area (Å²) in [6.45, 7) is 2.57. The lowest BCUT2D eigenvalue weighted by atomic mass is 9.94. The predicted molar refractivity (Wildman–Crippen MR) is 110 cm³/mol. The Morgan fingerprint density at radius 2 is 2.04 bits per heavy atom. The standard InChI is InChI=1S/C22H31N5O/c1-25(20-7-3-2-4-8-20)21-10-9-19(14-24-21)22(28)27-12-5-6-18(16-27)15-26-13-11-23-17-26/h9-11,13-14,17-18,20H,2-8,12,15-16H2,1H3/t18-/m0/s1. The third kappa shape index (κ3) is 4.37. The van der Waals surface area contributed by atoms with Crippen LogP contribution in [0.15, 0.2) is 37.1 Å². The summed E-state index contributed by atoms with van der Waals surface area (Å²) in [5.41, 5.74) is 0.698. The molecule has 0 spiro atoms. The zero-order chi connectivity index (χ0) is 19.3. The Bertz CT molecular complexity index is 752. The molecule has 0 radical (unpaired) electrons. The molecule has 1 amide bonds. The topological polar surface area (TPSA) is 54.3 Å². The smallest absolute Gasteiger partial charge is 0.255 e. The van der Waals surface area contributed by atoms with E-state index in [0.29, 0.717) is 17.5 Å². The van der Waals surface area contributed by atoms with Crippen LogP contribution in [0.5, 0.6) is 0 Å². The molecule has 0 unspecified atom stereocenters. The minimum atomic E-state index is 0.106. The van der Waals surface area contributed by atoms with E-state index in [4.69, 9.17) is 0 Å². The van der Waals surface area contributed by atoms with Gasteiger partial charge in [-0.2, -0.15) is 0 Å². The molecule has 0 aromatic carbocycles. The number of rotatable bonds is 5. The second-order valence-corrected chi connectivity index (χ2v) is 8.33. The van der Waals surface area contributed by atoms with E-state index < -0.39 is 0 Å². The van der Waals surface area contributed by atoms with Crippen molar-refractivity contribution in [1.82, 2.24) is 19.4 Å². The Hall–Kier alpha value is -2.37. The van der Waals surface area contributed by atoms with Crippen molar-refractivity contribution in [2.75, 3.05) is 25.0 Å². The number of hydrogen-bond acceptors (Lipinski definition) is 4. The minimum Gasteiger partial charge on any atom is -0.357 e. The molecule has 150 valence electrons. The summed E-state index contributed by atoms with van der Waals surface area (Å²) < 4.78 is 2.11. The summed E-state index contributed by atoms with van der Waals surface area (Å²) in [5.74, 6) is 1.56. The van der Waals surface area contributed by atoms with Crippen molar-refractivity contribution in [3.05, 3.63) is 42.6 Å². The number of imidazole rings is 1. The number of piperidine rings is 1. The Morgan fingerprint density at radius 3 is 2.75 bits per heavy atom. The number of aromatic nitrogens is 3. The van der Waals surface area contributed by atoms with Gasteiger partial charge in [0, 0.05) is 51.3 Å². The monoisotopic (exact) mass is 381 g/mol. The molecule has 3 heterocycles.